The zero-order valence-corrected chi connectivity index (χ0v) is 13.6. The zero-order chi connectivity index (χ0) is 13.5. The Bertz CT molecular complexity index is 604. The molecule has 1 aliphatic carbocycles. The van der Waals surface area contributed by atoms with Crippen molar-refractivity contribution in [1.82, 2.24) is 19.7 Å². The van der Waals surface area contributed by atoms with Crippen LogP contribution in [0.2, 0.25) is 0 Å². The summed E-state index contributed by atoms with van der Waals surface area (Å²) in [5, 5.41) is 8.00. The molecule has 0 spiro atoms. The van der Waals surface area contributed by atoms with Crippen LogP contribution in [0, 0.1) is 0 Å². The normalized spacial score (nSPS) is 23.6. The number of hydrogen-bond donors (Lipinski definition) is 0. The first-order valence-electron chi connectivity index (χ1n) is 7.14. The highest BCUT2D eigenvalue weighted by molar-refractivity contribution is 9.10. The first-order chi connectivity index (χ1) is 9.78. The van der Waals surface area contributed by atoms with E-state index in [1.54, 1.807) is 0 Å². The molecule has 0 aromatic carbocycles. The third kappa shape index (κ3) is 2.69. The van der Waals surface area contributed by atoms with Crippen LogP contribution in [0.15, 0.2) is 22.2 Å². The largest absolute Gasteiger partial charge is 0.295 e. The van der Waals surface area contributed by atoms with Gasteiger partial charge in [-0.15, -0.1) is 11.3 Å². The number of hydrogen-bond acceptors (Lipinski definition) is 4. The van der Waals surface area contributed by atoms with Crippen LogP contribution in [0.25, 0.3) is 0 Å². The van der Waals surface area contributed by atoms with E-state index in [9.17, 15) is 0 Å². The molecule has 0 bridgehead atoms. The van der Waals surface area contributed by atoms with Gasteiger partial charge in [-0.25, -0.2) is 4.98 Å². The topological polar surface area (TPSA) is 34.0 Å². The van der Waals surface area contributed by atoms with Crippen molar-refractivity contribution in [2.75, 3.05) is 13.1 Å². The van der Waals surface area contributed by atoms with Gasteiger partial charge in [0.05, 0.1) is 27.4 Å². The lowest BCUT2D eigenvalue weighted by molar-refractivity contribution is 0.308. The first kappa shape index (κ1) is 13.0. The van der Waals surface area contributed by atoms with Gasteiger partial charge in [-0.1, -0.05) is 0 Å². The molecular formula is C14H17BrN4S. The molecule has 1 saturated carbocycles. The van der Waals surface area contributed by atoms with E-state index in [0.717, 1.165) is 30.0 Å². The minimum Gasteiger partial charge on any atom is -0.295 e. The van der Waals surface area contributed by atoms with Crippen molar-refractivity contribution >= 4 is 27.3 Å². The van der Waals surface area contributed by atoms with Crippen LogP contribution in [-0.4, -0.2) is 32.8 Å². The van der Waals surface area contributed by atoms with Crippen molar-refractivity contribution in [3.05, 3.63) is 32.9 Å². The fourth-order valence-electron chi connectivity index (χ4n) is 2.83. The maximum Gasteiger partial charge on any atom is 0.0959 e. The van der Waals surface area contributed by atoms with Gasteiger partial charge in [-0.2, -0.15) is 5.10 Å². The maximum atomic E-state index is 4.78. The van der Waals surface area contributed by atoms with Gasteiger partial charge in [0.1, 0.15) is 0 Å². The Hall–Kier alpha value is -0.720. The number of rotatable bonds is 4. The fourth-order valence-corrected chi connectivity index (χ4v) is 4.11. The first-order valence-corrected chi connectivity index (χ1v) is 8.81. The van der Waals surface area contributed by atoms with Gasteiger partial charge in [0, 0.05) is 37.1 Å². The Balaban J connectivity index is 1.38. The van der Waals surface area contributed by atoms with Crippen LogP contribution in [-0.2, 0) is 6.54 Å². The Kier molecular flexibility index (Phi) is 3.40. The number of nitrogens with zero attached hydrogens (tertiary/aromatic N) is 4. The van der Waals surface area contributed by atoms with E-state index in [2.05, 4.69) is 42.2 Å². The predicted octanol–water partition coefficient (Wildman–Crippen LogP) is 3.43. The summed E-state index contributed by atoms with van der Waals surface area (Å²) in [7, 11) is 0. The van der Waals surface area contributed by atoms with Crippen LogP contribution in [0.4, 0.5) is 0 Å². The monoisotopic (exact) mass is 352 g/mol. The molecule has 0 amide bonds. The molecule has 1 unspecified atom stereocenters. The Labute approximate surface area is 130 Å². The van der Waals surface area contributed by atoms with Crippen LogP contribution < -0.4 is 0 Å². The summed E-state index contributed by atoms with van der Waals surface area (Å²) in [6, 6.07) is 0.503. The van der Waals surface area contributed by atoms with Crippen molar-refractivity contribution < 1.29 is 0 Å². The van der Waals surface area contributed by atoms with Gasteiger partial charge in [0.25, 0.3) is 0 Å². The molecule has 0 N–H and O–H groups in total. The predicted molar refractivity (Wildman–Crippen MR) is 82.9 cm³/mol. The van der Waals surface area contributed by atoms with Crippen molar-refractivity contribution in [3.63, 3.8) is 0 Å². The molecule has 2 fully saturated rings. The van der Waals surface area contributed by atoms with E-state index in [1.807, 2.05) is 17.5 Å². The molecule has 4 rings (SSSR count). The van der Waals surface area contributed by atoms with Crippen LogP contribution >= 0.6 is 27.3 Å². The molecule has 1 aliphatic heterocycles. The molecule has 20 heavy (non-hydrogen) atoms. The lowest BCUT2D eigenvalue weighted by atomic mass is 10.3. The lowest BCUT2D eigenvalue weighted by Crippen LogP contribution is -2.21. The molecule has 106 valence electrons. The third-order valence-electron chi connectivity index (χ3n) is 4.07. The van der Waals surface area contributed by atoms with Crippen molar-refractivity contribution in [3.8, 4) is 0 Å². The minimum atomic E-state index is 0.503. The minimum absolute atomic E-state index is 0.503. The molecule has 0 radical (unpaired) electrons. The molecule has 3 heterocycles. The van der Waals surface area contributed by atoms with E-state index >= 15 is 0 Å². The van der Waals surface area contributed by atoms with E-state index < -0.39 is 0 Å². The Morgan fingerprint density at radius 3 is 3.00 bits per heavy atom. The summed E-state index contributed by atoms with van der Waals surface area (Å²) in [4.78, 5) is 7.28. The summed E-state index contributed by atoms with van der Waals surface area (Å²) in [5.74, 6) is 0.779. The standard InChI is InChI=1S/C14H17BrN4S/c15-11-5-16-19(6-11)13-3-4-18(8-13)7-12-9-20-14(17-12)10-1-2-10/h5-6,9-10,13H,1-4,7-8H2. The number of aromatic nitrogens is 3. The van der Waals surface area contributed by atoms with E-state index in [4.69, 9.17) is 4.98 Å². The Morgan fingerprint density at radius 1 is 1.35 bits per heavy atom. The average molecular weight is 353 g/mol. The van der Waals surface area contributed by atoms with Gasteiger partial charge in [-0.3, -0.25) is 9.58 Å². The second kappa shape index (κ2) is 5.24. The van der Waals surface area contributed by atoms with E-state index in [-0.39, 0.29) is 0 Å². The molecule has 1 saturated heterocycles. The number of halogens is 1. The number of thiazole rings is 1. The van der Waals surface area contributed by atoms with Crippen LogP contribution in [0.1, 0.15) is 41.9 Å². The quantitative estimate of drug-likeness (QED) is 0.845. The number of likely N-dealkylation sites (tertiary alicyclic amines) is 1. The molecule has 2 aromatic heterocycles. The summed E-state index contributed by atoms with van der Waals surface area (Å²) >= 11 is 5.31. The van der Waals surface area contributed by atoms with Gasteiger partial charge in [0.2, 0.25) is 0 Å². The molecule has 2 aliphatic rings. The summed E-state index contributed by atoms with van der Waals surface area (Å²) in [6.45, 7) is 3.20. The van der Waals surface area contributed by atoms with Crippen LogP contribution in [0.5, 0.6) is 0 Å². The van der Waals surface area contributed by atoms with E-state index in [0.29, 0.717) is 6.04 Å². The second-order valence-electron chi connectivity index (χ2n) is 5.77. The van der Waals surface area contributed by atoms with Crippen LogP contribution in [0.3, 0.4) is 0 Å². The Morgan fingerprint density at radius 2 is 2.25 bits per heavy atom. The highest BCUT2D eigenvalue weighted by Crippen LogP contribution is 2.41. The molecule has 6 heteroatoms. The SMILES string of the molecule is Brc1cnn(C2CCN(Cc3csc(C4CC4)n3)C2)c1. The van der Waals surface area contributed by atoms with Gasteiger partial charge in [-0.05, 0) is 35.2 Å². The second-order valence-corrected chi connectivity index (χ2v) is 7.57. The molecular weight excluding hydrogens is 336 g/mol. The van der Waals surface area contributed by atoms with Crippen molar-refractivity contribution in [1.29, 1.82) is 0 Å². The van der Waals surface area contributed by atoms with E-state index in [1.165, 1.54) is 30.0 Å². The van der Waals surface area contributed by atoms with Gasteiger partial charge in [0.15, 0.2) is 0 Å². The van der Waals surface area contributed by atoms with Crippen molar-refractivity contribution in [2.45, 2.75) is 37.8 Å². The molecule has 1 atom stereocenters. The van der Waals surface area contributed by atoms with Gasteiger partial charge >= 0.3 is 0 Å². The average Bonchev–Trinajstić information content (AvgIpc) is 2.86. The smallest absolute Gasteiger partial charge is 0.0959 e. The van der Waals surface area contributed by atoms with Crippen molar-refractivity contribution in [2.24, 2.45) is 0 Å². The molecule has 2 aromatic rings. The lowest BCUT2D eigenvalue weighted by Gasteiger charge is -2.14. The molecule has 4 nitrogen and oxygen atoms in total. The fraction of sp³-hybridized carbons (Fsp3) is 0.571. The highest BCUT2D eigenvalue weighted by atomic mass is 79.9. The third-order valence-corrected chi connectivity index (χ3v) is 5.54. The summed E-state index contributed by atoms with van der Waals surface area (Å²) in [5.41, 5.74) is 1.25. The van der Waals surface area contributed by atoms with Gasteiger partial charge < -0.3 is 0 Å². The maximum absolute atomic E-state index is 4.78. The summed E-state index contributed by atoms with van der Waals surface area (Å²) in [6.07, 6.45) is 7.79. The zero-order valence-electron chi connectivity index (χ0n) is 11.2. The highest BCUT2D eigenvalue weighted by Gasteiger charge is 2.28. The summed E-state index contributed by atoms with van der Waals surface area (Å²) < 4.78 is 3.14.